The molecule has 1 aliphatic heterocycles. The number of halogens is 1. The molecule has 1 heterocycles. The van der Waals surface area contributed by atoms with Crippen LogP contribution < -0.4 is 0 Å². The average molecular weight is 222 g/mol. The van der Waals surface area contributed by atoms with Crippen LogP contribution in [0.25, 0.3) is 0 Å². The molecule has 0 bridgehead atoms. The first kappa shape index (κ1) is 9.00. The summed E-state index contributed by atoms with van der Waals surface area (Å²) in [6, 6.07) is 0.230. The minimum Gasteiger partial charge on any atom is -0.377 e. The largest absolute Gasteiger partial charge is 0.377 e. The molecule has 1 saturated heterocycles. The molecular weight excluding hydrogens is 210 g/mol. The minimum absolute atomic E-state index is 0.154. The zero-order chi connectivity index (χ0) is 8.27. The summed E-state index contributed by atoms with van der Waals surface area (Å²) in [5, 5.41) is 0.414. The third-order valence-corrected chi connectivity index (χ3v) is 2.28. The van der Waals surface area contributed by atoms with Gasteiger partial charge < -0.3 is 9.64 Å². The quantitative estimate of drug-likeness (QED) is 0.609. The van der Waals surface area contributed by atoms with Gasteiger partial charge in [-0.2, -0.15) is 0 Å². The summed E-state index contributed by atoms with van der Waals surface area (Å²) in [5.41, 5.74) is 0. The lowest BCUT2D eigenvalue weighted by Gasteiger charge is -2.32. The predicted molar refractivity (Wildman–Crippen MR) is 45.8 cm³/mol. The van der Waals surface area contributed by atoms with Crippen molar-refractivity contribution in [3.8, 4) is 0 Å². The van der Waals surface area contributed by atoms with Crippen LogP contribution in [0.2, 0.25) is 0 Å². The van der Waals surface area contributed by atoms with Crippen molar-refractivity contribution in [1.29, 1.82) is 0 Å². The molecule has 1 fully saturated rings. The maximum absolute atomic E-state index is 11.2. The minimum atomic E-state index is 0.154. The molecule has 1 unspecified atom stereocenters. The molecule has 1 rings (SSSR count). The third kappa shape index (κ3) is 2.17. The van der Waals surface area contributed by atoms with Gasteiger partial charge in [0.25, 0.3) is 0 Å². The Hall–Kier alpha value is -0.0900. The summed E-state index contributed by atoms with van der Waals surface area (Å²) in [4.78, 5) is 13.0. The van der Waals surface area contributed by atoms with Gasteiger partial charge in [-0.15, -0.1) is 0 Å². The smallest absolute Gasteiger partial charge is 0.233 e. The molecule has 0 aromatic carbocycles. The van der Waals surface area contributed by atoms with E-state index < -0.39 is 0 Å². The van der Waals surface area contributed by atoms with Gasteiger partial charge >= 0.3 is 0 Å². The molecule has 1 aliphatic rings. The molecule has 3 nitrogen and oxygen atoms in total. The molecule has 0 spiro atoms. The maximum Gasteiger partial charge on any atom is 0.233 e. The predicted octanol–water partition coefficient (Wildman–Crippen LogP) is 0.629. The molecular formula is C7H12BrNO2. The van der Waals surface area contributed by atoms with Crippen molar-refractivity contribution in [1.82, 2.24) is 4.90 Å². The standard InChI is InChI=1S/C7H12BrNO2/c1-6-5-11-3-2-9(6)7(10)4-8/h6H,2-5H2,1H3. The zero-order valence-corrected chi connectivity index (χ0v) is 8.13. The summed E-state index contributed by atoms with van der Waals surface area (Å²) in [6.45, 7) is 4.06. The number of amides is 1. The fourth-order valence-corrected chi connectivity index (χ4v) is 1.50. The van der Waals surface area contributed by atoms with E-state index in [1.165, 1.54) is 0 Å². The van der Waals surface area contributed by atoms with E-state index in [2.05, 4.69) is 15.9 Å². The number of hydrogen-bond acceptors (Lipinski definition) is 2. The summed E-state index contributed by atoms with van der Waals surface area (Å²) in [5.74, 6) is 0.154. The van der Waals surface area contributed by atoms with Gasteiger partial charge in [0, 0.05) is 6.54 Å². The second-order valence-corrected chi connectivity index (χ2v) is 3.21. The van der Waals surface area contributed by atoms with Gasteiger partial charge in [-0.25, -0.2) is 0 Å². The number of hydrogen-bond donors (Lipinski definition) is 0. The molecule has 1 amide bonds. The average Bonchev–Trinajstić information content (AvgIpc) is 2.04. The number of morpholine rings is 1. The van der Waals surface area contributed by atoms with Crippen molar-refractivity contribution >= 4 is 21.8 Å². The van der Waals surface area contributed by atoms with Gasteiger partial charge in [0.2, 0.25) is 5.91 Å². The normalized spacial score (nSPS) is 25.3. The van der Waals surface area contributed by atoms with E-state index in [9.17, 15) is 4.79 Å². The van der Waals surface area contributed by atoms with E-state index in [-0.39, 0.29) is 11.9 Å². The molecule has 4 heteroatoms. The van der Waals surface area contributed by atoms with Crippen molar-refractivity contribution in [2.45, 2.75) is 13.0 Å². The Balaban J connectivity index is 2.47. The highest BCUT2D eigenvalue weighted by atomic mass is 79.9. The summed E-state index contributed by atoms with van der Waals surface area (Å²) in [7, 11) is 0. The fourth-order valence-electron chi connectivity index (χ4n) is 1.17. The van der Waals surface area contributed by atoms with E-state index in [0.717, 1.165) is 6.54 Å². The van der Waals surface area contributed by atoms with Gasteiger partial charge in [0.1, 0.15) is 0 Å². The van der Waals surface area contributed by atoms with Crippen molar-refractivity contribution < 1.29 is 9.53 Å². The highest BCUT2D eigenvalue weighted by Gasteiger charge is 2.22. The van der Waals surface area contributed by atoms with Crippen LogP contribution in [0, 0.1) is 0 Å². The van der Waals surface area contributed by atoms with Crippen LogP contribution in [-0.2, 0) is 9.53 Å². The van der Waals surface area contributed by atoms with Gasteiger partial charge in [0.05, 0.1) is 24.6 Å². The first-order valence-electron chi connectivity index (χ1n) is 3.69. The molecule has 0 aromatic heterocycles. The van der Waals surface area contributed by atoms with Crippen LogP contribution in [0.1, 0.15) is 6.92 Å². The van der Waals surface area contributed by atoms with Crippen LogP contribution >= 0.6 is 15.9 Å². The van der Waals surface area contributed by atoms with Crippen molar-refractivity contribution in [2.24, 2.45) is 0 Å². The van der Waals surface area contributed by atoms with E-state index >= 15 is 0 Å². The number of alkyl halides is 1. The molecule has 0 aliphatic carbocycles. The van der Waals surface area contributed by atoms with Crippen molar-refractivity contribution in [3.63, 3.8) is 0 Å². The lowest BCUT2D eigenvalue weighted by atomic mass is 10.2. The highest BCUT2D eigenvalue weighted by molar-refractivity contribution is 9.09. The molecule has 64 valence electrons. The summed E-state index contributed by atoms with van der Waals surface area (Å²) >= 11 is 3.15. The second kappa shape index (κ2) is 4.07. The molecule has 1 atom stereocenters. The monoisotopic (exact) mass is 221 g/mol. The Bertz CT molecular complexity index is 151. The fraction of sp³-hybridized carbons (Fsp3) is 0.857. The number of nitrogens with zero attached hydrogens (tertiary/aromatic N) is 1. The Kier molecular flexibility index (Phi) is 3.33. The van der Waals surface area contributed by atoms with Gasteiger partial charge in [-0.3, -0.25) is 4.79 Å². The van der Waals surface area contributed by atoms with Crippen molar-refractivity contribution in [3.05, 3.63) is 0 Å². The Morgan fingerprint density at radius 2 is 2.55 bits per heavy atom. The van der Waals surface area contributed by atoms with E-state index in [0.29, 0.717) is 18.5 Å². The molecule has 0 saturated carbocycles. The third-order valence-electron chi connectivity index (χ3n) is 1.80. The topological polar surface area (TPSA) is 29.5 Å². The van der Waals surface area contributed by atoms with Crippen LogP contribution in [0.3, 0.4) is 0 Å². The number of rotatable bonds is 1. The van der Waals surface area contributed by atoms with Crippen LogP contribution in [0.5, 0.6) is 0 Å². The van der Waals surface area contributed by atoms with Crippen LogP contribution in [0.4, 0.5) is 0 Å². The van der Waals surface area contributed by atoms with E-state index in [4.69, 9.17) is 4.74 Å². The molecule has 0 aromatic rings. The molecule has 0 N–H and O–H groups in total. The van der Waals surface area contributed by atoms with E-state index in [1.54, 1.807) is 0 Å². The zero-order valence-electron chi connectivity index (χ0n) is 6.55. The number of carbonyl (C=O) groups excluding carboxylic acids is 1. The first-order valence-corrected chi connectivity index (χ1v) is 4.81. The number of ether oxygens (including phenoxy) is 1. The lowest BCUT2D eigenvalue weighted by Crippen LogP contribution is -2.47. The second-order valence-electron chi connectivity index (χ2n) is 2.64. The summed E-state index contributed by atoms with van der Waals surface area (Å²) in [6.07, 6.45) is 0. The highest BCUT2D eigenvalue weighted by Crippen LogP contribution is 2.06. The Morgan fingerprint density at radius 3 is 3.09 bits per heavy atom. The first-order chi connectivity index (χ1) is 5.25. The maximum atomic E-state index is 11.2. The van der Waals surface area contributed by atoms with Gasteiger partial charge in [-0.05, 0) is 6.92 Å². The molecule has 11 heavy (non-hydrogen) atoms. The Morgan fingerprint density at radius 1 is 1.82 bits per heavy atom. The van der Waals surface area contributed by atoms with Crippen molar-refractivity contribution in [2.75, 3.05) is 25.1 Å². The van der Waals surface area contributed by atoms with Gasteiger partial charge in [-0.1, -0.05) is 15.9 Å². The SMILES string of the molecule is CC1COCCN1C(=O)CBr. The summed E-state index contributed by atoms with van der Waals surface area (Å²) < 4.78 is 5.20. The van der Waals surface area contributed by atoms with Gasteiger partial charge in [0.15, 0.2) is 0 Å². The van der Waals surface area contributed by atoms with Crippen LogP contribution in [-0.4, -0.2) is 41.9 Å². The lowest BCUT2D eigenvalue weighted by molar-refractivity contribution is -0.136. The Labute approximate surface area is 74.8 Å². The molecule has 0 radical (unpaired) electrons. The number of carbonyl (C=O) groups is 1. The van der Waals surface area contributed by atoms with E-state index in [1.807, 2.05) is 11.8 Å². The van der Waals surface area contributed by atoms with Crippen LogP contribution in [0.15, 0.2) is 0 Å².